The van der Waals surface area contributed by atoms with Gasteiger partial charge in [0.1, 0.15) is 0 Å². The number of fused-ring (bicyclic) bond motifs is 10. The van der Waals surface area contributed by atoms with Crippen LogP contribution < -0.4 is 25.4 Å². The van der Waals surface area contributed by atoms with E-state index in [4.69, 9.17) is 4.74 Å². The Morgan fingerprint density at radius 1 is 0.526 bits per heavy atom. The molecule has 10 rings (SSSR count). The quantitative estimate of drug-likeness (QED) is 0.155. The maximum atomic E-state index is 7.30. The van der Waals surface area contributed by atoms with Crippen molar-refractivity contribution in [2.24, 2.45) is 0 Å². The number of nitrogens with zero attached hydrogens (tertiary/aromatic N) is 2. The zero-order valence-corrected chi connectivity index (χ0v) is 36.4. The lowest BCUT2D eigenvalue weighted by molar-refractivity contribution is 0.480. The van der Waals surface area contributed by atoms with Crippen molar-refractivity contribution in [1.82, 2.24) is 0 Å². The van der Waals surface area contributed by atoms with Gasteiger partial charge in [0.2, 0.25) is 0 Å². The molecule has 4 heterocycles. The molecule has 0 atom stereocenters. The van der Waals surface area contributed by atoms with Crippen molar-refractivity contribution in [2.75, 3.05) is 9.71 Å². The van der Waals surface area contributed by atoms with E-state index in [1.54, 1.807) is 0 Å². The first-order valence-electron chi connectivity index (χ1n) is 20.6. The van der Waals surface area contributed by atoms with Crippen molar-refractivity contribution in [3.63, 3.8) is 0 Å². The maximum absolute atomic E-state index is 7.30. The second-order valence-electron chi connectivity index (χ2n) is 20.7. The van der Waals surface area contributed by atoms with E-state index in [9.17, 15) is 0 Å². The van der Waals surface area contributed by atoms with Gasteiger partial charge in [0.05, 0.1) is 16.1 Å². The van der Waals surface area contributed by atoms with Gasteiger partial charge in [-0.1, -0.05) is 138 Å². The fraction of sp³-hybridized carbons (Fsp3) is 0.308. The lowest BCUT2D eigenvalue weighted by Crippen LogP contribution is -2.62. The summed E-state index contributed by atoms with van der Waals surface area (Å²) < 4.78 is 9.78. The molecule has 0 amide bonds. The van der Waals surface area contributed by atoms with Gasteiger partial charge in [0.25, 0.3) is 0 Å². The minimum Gasteiger partial charge on any atom is -0.452 e. The zero-order valence-electron chi connectivity index (χ0n) is 35.6. The number of benzene rings is 6. The Bertz CT molecular complexity index is 2820. The molecule has 3 nitrogen and oxygen atoms in total. The van der Waals surface area contributed by atoms with Crippen LogP contribution in [0.15, 0.2) is 103 Å². The van der Waals surface area contributed by atoms with E-state index in [1.165, 1.54) is 87.2 Å². The van der Waals surface area contributed by atoms with Gasteiger partial charge in [-0.25, -0.2) is 0 Å². The summed E-state index contributed by atoms with van der Waals surface area (Å²) in [7, 11) is 0. The molecule has 7 aromatic rings. The third-order valence-corrected chi connectivity index (χ3v) is 13.8. The van der Waals surface area contributed by atoms with Gasteiger partial charge in [-0.15, -0.1) is 11.3 Å². The first kappa shape index (κ1) is 36.4. The minimum atomic E-state index is -0.0844. The van der Waals surface area contributed by atoms with Crippen molar-refractivity contribution in [3.05, 3.63) is 125 Å². The lowest BCUT2D eigenvalue weighted by Gasteiger charge is -2.48. The van der Waals surface area contributed by atoms with Crippen LogP contribution in [0.2, 0.25) is 0 Å². The summed E-state index contributed by atoms with van der Waals surface area (Å²) in [6, 6.07) is 39.9. The summed E-state index contributed by atoms with van der Waals surface area (Å²) in [5, 5.41) is 2.53. The van der Waals surface area contributed by atoms with Gasteiger partial charge in [-0.3, -0.25) is 0 Å². The molecule has 0 spiro atoms. The number of anilines is 5. The molecule has 3 aliphatic heterocycles. The lowest BCUT2D eigenvalue weighted by atomic mass is 9.43. The Hall–Kier alpha value is -5.00. The standard InChI is InChI=1S/C52H53BN2OS/c1-49(2,3)30-17-20-34(21-18-30)54-41-27-31(50(4,5)6)19-23-39(41)53-45-37(25-32(28-42(45)54)51(7,8)9)38-26-33(52(10,11)12)29-43-46(38)55(53)40-24-22-36-35-15-13-14-16-44(35)57-48(36)47(40)56-43/h13-29H,1-12H3. The monoisotopic (exact) mass is 764 g/mol. The average molecular weight is 765 g/mol. The fourth-order valence-corrected chi connectivity index (χ4v) is 10.4. The molecular weight excluding hydrogens is 711 g/mol. The van der Waals surface area contributed by atoms with E-state index in [2.05, 4.69) is 196 Å². The van der Waals surface area contributed by atoms with Crippen LogP contribution in [0.1, 0.15) is 105 Å². The topological polar surface area (TPSA) is 15.7 Å². The molecule has 0 N–H and O–H groups in total. The Labute approximate surface area is 343 Å². The number of ether oxygens (including phenoxy) is 1. The van der Waals surface area contributed by atoms with E-state index in [0.717, 1.165) is 17.2 Å². The summed E-state index contributed by atoms with van der Waals surface area (Å²) in [5.74, 6) is 1.90. The number of thiophene rings is 1. The molecule has 57 heavy (non-hydrogen) atoms. The largest absolute Gasteiger partial charge is 0.452 e. The van der Waals surface area contributed by atoms with Crippen molar-refractivity contribution < 1.29 is 4.74 Å². The first-order chi connectivity index (χ1) is 26.8. The maximum Gasteiger partial charge on any atom is 0.333 e. The SMILES string of the molecule is CC(C)(C)c1ccc(N2c3cc(C(C)(C)C)ccc3B3c4c(cc(C(C)(C)C)cc42)-c2cc(C(C)(C)C)cc4c2N3c2ccc3c(sc5ccccc53)c2O4)cc1. The predicted molar refractivity (Wildman–Crippen MR) is 248 cm³/mol. The zero-order chi connectivity index (χ0) is 40.1. The smallest absolute Gasteiger partial charge is 0.333 e. The molecule has 6 aromatic carbocycles. The molecular formula is C52H53BN2OS. The van der Waals surface area contributed by atoms with E-state index in [0.29, 0.717) is 0 Å². The van der Waals surface area contributed by atoms with Gasteiger partial charge < -0.3 is 14.4 Å². The van der Waals surface area contributed by atoms with Gasteiger partial charge in [0, 0.05) is 38.1 Å². The van der Waals surface area contributed by atoms with Crippen LogP contribution in [0, 0.1) is 0 Å². The number of rotatable bonds is 1. The third kappa shape index (κ3) is 5.44. The van der Waals surface area contributed by atoms with Crippen LogP contribution in [-0.2, 0) is 21.7 Å². The summed E-state index contributed by atoms with van der Waals surface area (Å²) >= 11 is 1.84. The summed E-state index contributed by atoms with van der Waals surface area (Å²) in [5.41, 5.74) is 16.3. The summed E-state index contributed by atoms with van der Waals surface area (Å²) in [6.45, 7) is 27.8. The molecule has 0 saturated heterocycles. The van der Waals surface area contributed by atoms with Crippen LogP contribution in [0.3, 0.4) is 0 Å². The van der Waals surface area contributed by atoms with E-state index >= 15 is 0 Å². The molecule has 0 aliphatic carbocycles. The van der Waals surface area contributed by atoms with Crippen LogP contribution in [0.25, 0.3) is 31.3 Å². The Kier molecular flexibility index (Phi) is 7.52. The molecule has 0 bridgehead atoms. The van der Waals surface area contributed by atoms with Gasteiger partial charge >= 0.3 is 6.85 Å². The van der Waals surface area contributed by atoms with Crippen LogP contribution >= 0.6 is 11.3 Å². The molecule has 286 valence electrons. The second kappa shape index (κ2) is 11.8. The number of hydrogen-bond acceptors (Lipinski definition) is 4. The van der Waals surface area contributed by atoms with Crippen molar-refractivity contribution in [2.45, 2.75) is 105 Å². The molecule has 3 aliphatic rings. The Morgan fingerprint density at radius 3 is 1.82 bits per heavy atom. The van der Waals surface area contributed by atoms with Crippen molar-refractivity contribution in [1.29, 1.82) is 0 Å². The molecule has 0 unspecified atom stereocenters. The third-order valence-electron chi connectivity index (χ3n) is 12.6. The van der Waals surface area contributed by atoms with Crippen molar-refractivity contribution >= 4 is 77.7 Å². The second-order valence-corrected chi connectivity index (χ2v) is 21.8. The highest BCUT2D eigenvalue weighted by atomic mass is 32.1. The summed E-state index contributed by atoms with van der Waals surface area (Å²) in [4.78, 5) is 5.23. The van der Waals surface area contributed by atoms with E-state index in [-0.39, 0.29) is 28.5 Å². The van der Waals surface area contributed by atoms with Gasteiger partial charge in [0.15, 0.2) is 11.5 Å². The van der Waals surface area contributed by atoms with Crippen LogP contribution in [0.5, 0.6) is 11.5 Å². The molecule has 5 heteroatoms. The fourth-order valence-electron chi connectivity index (χ4n) is 9.26. The van der Waals surface area contributed by atoms with E-state index < -0.39 is 0 Å². The van der Waals surface area contributed by atoms with Gasteiger partial charge in [-0.05, 0) is 109 Å². The Morgan fingerprint density at radius 2 is 1.14 bits per heavy atom. The highest BCUT2D eigenvalue weighted by molar-refractivity contribution is 7.26. The van der Waals surface area contributed by atoms with Crippen molar-refractivity contribution in [3.8, 4) is 22.6 Å². The minimum absolute atomic E-state index is 0.0243. The molecule has 0 radical (unpaired) electrons. The molecule has 0 fully saturated rings. The van der Waals surface area contributed by atoms with E-state index in [1.807, 2.05) is 11.3 Å². The van der Waals surface area contributed by atoms with Gasteiger partial charge in [-0.2, -0.15) is 0 Å². The highest BCUT2D eigenvalue weighted by Gasteiger charge is 2.49. The highest BCUT2D eigenvalue weighted by Crippen LogP contribution is 2.59. The molecule has 0 saturated carbocycles. The number of hydrogen-bond donors (Lipinski definition) is 0. The normalized spacial score (nSPS) is 14.7. The Balaban J connectivity index is 1.35. The first-order valence-corrected chi connectivity index (χ1v) is 21.4. The summed E-state index contributed by atoms with van der Waals surface area (Å²) in [6.07, 6.45) is 0. The average Bonchev–Trinajstić information content (AvgIpc) is 3.53. The van der Waals surface area contributed by atoms with Crippen LogP contribution in [0.4, 0.5) is 28.4 Å². The van der Waals surface area contributed by atoms with Crippen LogP contribution in [-0.4, -0.2) is 6.85 Å². The molecule has 1 aromatic heterocycles. The predicted octanol–water partition coefficient (Wildman–Crippen LogP) is 14.1.